The van der Waals surface area contributed by atoms with Crippen LogP contribution in [0.3, 0.4) is 0 Å². The van der Waals surface area contributed by atoms with Gasteiger partial charge in [0.2, 0.25) is 0 Å². The Balaban J connectivity index is 0. The van der Waals surface area contributed by atoms with Gasteiger partial charge < -0.3 is 17.4 Å². The summed E-state index contributed by atoms with van der Waals surface area (Å²) in [6, 6.07) is 0. The first-order valence-corrected chi connectivity index (χ1v) is 2.87. The summed E-state index contributed by atoms with van der Waals surface area (Å²) < 4.78 is 4.48. The molecule has 0 heterocycles. The second-order valence-electron chi connectivity index (χ2n) is 1.95. The van der Waals surface area contributed by atoms with Gasteiger partial charge in [-0.3, -0.25) is 4.79 Å². The van der Waals surface area contributed by atoms with Crippen LogP contribution in [0.1, 0.15) is 13.8 Å². The second-order valence-corrected chi connectivity index (χ2v) is 2.29. The normalized spacial score (nSPS) is 8.33. The number of carbonyl (C=O) groups excluding carboxylic acids is 1. The monoisotopic (exact) mass is 156 g/mol. The summed E-state index contributed by atoms with van der Waals surface area (Å²) in [5.74, 6) is 0.377. The first-order valence-electron chi connectivity index (χ1n) is 2.46. The Morgan fingerprint density at radius 3 is 2.22 bits per heavy atom. The Bertz CT molecular complexity index is 85.0. The van der Waals surface area contributed by atoms with E-state index in [1.54, 1.807) is 0 Å². The molecule has 0 rings (SSSR count). The van der Waals surface area contributed by atoms with Crippen molar-refractivity contribution in [1.29, 1.82) is 0 Å². The quantitative estimate of drug-likeness (QED) is 0.272. The van der Waals surface area contributed by atoms with Crippen molar-refractivity contribution < 1.29 is 39.1 Å². The maximum Gasteiger partial charge on any atom is 1.00 e. The van der Waals surface area contributed by atoms with Crippen LogP contribution in [0.15, 0.2) is 0 Å². The summed E-state index contributed by atoms with van der Waals surface area (Å²) in [5.41, 5.74) is 0. The van der Waals surface area contributed by atoms with E-state index in [1.165, 1.54) is 0 Å². The van der Waals surface area contributed by atoms with Gasteiger partial charge in [0.15, 0.2) is 5.30 Å². The molecule has 0 atom stereocenters. The van der Waals surface area contributed by atoms with Gasteiger partial charge >= 0.3 is 29.6 Å². The van der Waals surface area contributed by atoms with Gasteiger partial charge in [-0.05, 0) is 5.92 Å². The number of hydrogen-bond acceptors (Lipinski definition) is 3. The van der Waals surface area contributed by atoms with E-state index in [2.05, 4.69) is 17.4 Å². The van der Waals surface area contributed by atoms with Crippen molar-refractivity contribution in [2.45, 2.75) is 13.8 Å². The van der Waals surface area contributed by atoms with Gasteiger partial charge in [0.25, 0.3) is 0 Å². The maximum atomic E-state index is 9.94. The fourth-order valence-electron chi connectivity index (χ4n) is 0.235. The summed E-state index contributed by atoms with van der Waals surface area (Å²) in [6.45, 7) is 4.35. The Labute approximate surface area is 83.0 Å². The number of hydrogen-bond donors (Lipinski definition) is 0. The van der Waals surface area contributed by atoms with Crippen LogP contribution in [-0.4, -0.2) is 11.9 Å². The van der Waals surface area contributed by atoms with Gasteiger partial charge in [0.05, 0.1) is 6.61 Å². The van der Waals surface area contributed by atoms with Gasteiger partial charge in [0.1, 0.15) is 0 Å². The van der Waals surface area contributed by atoms with E-state index in [9.17, 15) is 4.79 Å². The first-order chi connectivity index (χ1) is 3.63. The minimum atomic E-state index is -0.612. The third kappa shape index (κ3) is 12.0. The van der Waals surface area contributed by atoms with Crippen LogP contribution in [0, 0.1) is 5.92 Å². The average molecular weight is 156 g/mol. The van der Waals surface area contributed by atoms with Crippen molar-refractivity contribution in [1.82, 2.24) is 0 Å². The fourth-order valence-corrected chi connectivity index (χ4v) is 0.303. The molecule has 0 amide bonds. The van der Waals surface area contributed by atoms with Crippen LogP contribution in [0.25, 0.3) is 0 Å². The second kappa shape index (κ2) is 6.81. The van der Waals surface area contributed by atoms with Crippen molar-refractivity contribution in [2.75, 3.05) is 6.61 Å². The van der Waals surface area contributed by atoms with Crippen LogP contribution in [0.4, 0.5) is 4.79 Å². The van der Waals surface area contributed by atoms with Gasteiger partial charge in [-0.2, -0.15) is 0 Å². The molecule has 0 saturated carbocycles. The molecule has 0 fully saturated rings. The van der Waals surface area contributed by atoms with E-state index in [0.717, 1.165) is 0 Å². The van der Waals surface area contributed by atoms with Crippen molar-refractivity contribution in [3.8, 4) is 0 Å². The van der Waals surface area contributed by atoms with E-state index in [4.69, 9.17) is 0 Å². The van der Waals surface area contributed by atoms with E-state index in [-0.39, 0.29) is 29.6 Å². The molecule has 0 unspecified atom stereocenters. The first kappa shape index (κ1) is 12.4. The third-order valence-corrected chi connectivity index (χ3v) is 0.652. The largest absolute Gasteiger partial charge is 1.00 e. The molecule has 0 aliphatic heterocycles. The molecule has 0 radical (unpaired) electrons. The molecule has 0 aromatic carbocycles. The smallest absolute Gasteiger partial charge is 0.698 e. The van der Waals surface area contributed by atoms with Crippen LogP contribution < -0.4 is 29.6 Å². The predicted molar refractivity (Wildman–Crippen MR) is 33.6 cm³/mol. The van der Waals surface area contributed by atoms with E-state index < -0.39 is 5.30 Å². The summed E-state index contributed by atoms with van der Waals surface area (Å²) in [4.78, 5) is 9.94. The van der Waals surface area contributed by atoms with Crippen LogP contribution in [-0.2, 0) is 17.4 Å². The molecular weight excluding hydrogens is 147 g/mol. The van der Waals surface area contributed by atoms with Gasteiger partial charge in [0, 0.05) is 0 Å². The minimum absolute atomic E-state index is 0. The zero-order valence-corrected chi connectivity index (χ0v) is 8.83. The maximum absolute atomic E-state index is 9.94. The predicted octanol–water partition coefficient (Wildman–Crippen LogP) is -1.67. The Morgan fingerprint density at radius 1 is 1.67 bits per heavy atom. The summed E-state index contributed by atoms with van der Waals surface area (Å²) >= 11 is 4.14. The van der Waals surface area contributed by atoms with Crippen molar-refractivity contribution in [2.24, 2.45) is 5.92 Å². The van der Waals surface area contributed by atoms with E-state index in [1.807, 2.05) is 13.8 Å². The molecule has 48 valence electrons. The van der Waals surface area contributed by atoms with Crippen LogP contribution in [0.5, 0.6) is 0 Å². The molecular formula is C5H9NaO2S. The zero-order chi connectivity index (χ0) is 6.57. The van der Waals surface area contributed by atoms with Crippen molar-refractivity contribution in [3.63, 3.8) is 0 Å². The SMILES string of the molecule is CC(C)COC(=O)[S-].[Na+]. The number of carbonyl (C=O) groups is 1. The van der Waals surface area contributed by atoms with Crippen LogP contribution >= 0.6 is 0 Å². The molecule has 0 N–H and O–H groups in total. The standard InChI is InChI=1S/C5H10O2S.Na/c1-4(2)3-7-5(6)8;/h4H,3H2,1-2H3,(H,6,8);/q;+1/p-1. The van der Waals surface area contributed by atoms with Gasteiger partial charge in [-0.15, -0.1) is 0 Å². The van der Waals surface area contributed by atoms with Crippen LogP contribution in [0.2, 0.25) is 0 Å². The number of ether oxygens (including phenoxy) is 1. The molecule has 0 saturated heterocycles. The fraction of sp³-hybridized carbons (Fsp3) is 0.800. The summed E-state index contributed by atoms with van der Waals surface area (Å²) in [5, 5.41) is -0.612. The topological polar surface area (TPSA) is 26.3 Å². The molecule has 0 aliphatic carbocycles. The molecule has 4 heteroatoms. The average Bonchev–Trinajstić information content (AvgIpc) is 1.61. The Kier molecular flexibility index (Phi) is 9.36. The Hall–Kier alpha value is 0.690. The molecule has 2 nitrogen and oxygen atoms in total. The molecule has 9 heavy (non-hydrogen) atoms. The number of rotatable bonds is 2. The summed E-state index contributed by atoms with van der Waals surface area (Å²) in [7, 11) is 0. The van der Waals surface area contributed by atoms with Crippen molar-refractivity contribution in [3.05, 3.63) is 0 Å². The van der Waals surface area contributed by atoms with E-state index in [0.29, 0.717) is 12.5 Å². The third-order valence-electron chi connectivity index (χ3n) is 0.535. The molecule has 0 aromatic heterocycles. The molecule has 0 aromatic rings. The minimum Gasteiger partial charge on any atom is -0.698 e. The van der Waals surface area contributed by atoms with Gasteiger partial charge in [-0.1, -0.05) is 13.8 Å². The van der Waals surface area contributed by atoms with Crippen molar-refractivity contribution >= 4 is 17.9 Å². The van der Waals surface area contributed by atoms with E-state index >= 15 is 0 Å². The molecule has 0 aliphatic rings. The molecule has 0 bridgehead atoms. The Morgan fingerprint density at radius 2 is 2.11 bits per heavy atom. The summed E-state index contributed by atoms with van der Waals surface area (Å²) in [6.07, 6.45) is 0. The molecule has 0 spiro atoms. The zero-order valence-electron chi connectivity index (χ0n) is 6.01. The van der Waals surface area contributed by atoms with Gasteiger partial charge in [-0.25, -0.2) is 0 Å².